The minimum absolute atomic E-state index is 0.0774. The molecule has 3 rings (SSSR count). The molecule has 1 aromatic rings. The molecule has 0 spiro atoms. The van der Waals surface area contributed by atoms with Crippen LogP contribution in [0, 0.1) is 0 Å². The Balaban J connectivity index is 1.99. The van der Waals surface area contributed by atoms with Gasteiger partial charge >= 0.3 is 0 Å². The van der Waals surface area contributed by atoms with Crippen LogP contribution in [0.5, 0.6) is 0 Å². The van der Waals surface area contributed by atoms with Crippen LogP contribution < -0.4 is 10.6 Å². The fourth-order valence-electron chi connectivity index (χ4n) is 3.35. The summed E-state index contributed by atoms with van der Waals surface area (Å²) in [5, 5.41) is 21.8. The predicted molar refractivity (Wildman–Crippen MR) is 71.3 cm³/mol. The zero-order valence-electron chi connectivity index (χ0n) is 10.6. The molecule has 1 aromatic heterocycles. The lowest BCUT2D eigenvalue weighted by Gasteiger charge is -2.38. The van der Waals surface area contributed by atoms with Crippen LogP contribution >= 0.6 is 0 Å². The van der Waals surface area contributed by atoms with E-state index in [1.54, 1.807) is 12.3 Å². The van der Waals surface area contributed by atoms with E-state index in [0.29, 0.717) is 17.6 Å². The Morgan fingerprint density at radius 1 is 1.37 bits per heavy atom. The number of hydrogen-bond acceptors (Lipinski definition) is 5. The number of piperidine rings is 1. The minimum atomic E-state index is -0.218. The van der Waals surface area contributed by atoms with Gasteiger partial charge in [-0.25, -0.2) is 4.98 Å². The van der Waals surface area contributed by atoms with Crippen molar-refractivity contribution in [2.75, 3.05) is 4.90 Å². The van der Waals surface area contributed by atoms with Gasteiger partial charge in [0.2, 0.25) is 0 Å². The van der Waals surface area contributed by atoms with E-state index in [1.165, 1.54) is 0 Å². The Morgan fingerprint density at radius 3 is 2.68 bits per heavy atom. The number of nitrogens with zero attached hydrogens (tertiary/aromatic N) is 3. The molecule has 6 nitrogen and oxygen atoms in total. The molecule has 2 atom stereocenters. The summed E-state index contributed by atoms with van der Waals surface area (Å²) in [7, 11) is 0. The molecular weight excluding hydrogens is 244 g/mol. The van der Waals surface area contributed by atoms with E-state index in [2.05, 4.69) is 15.0 Å². The zero-order valence-corrected chi connectivity index (χ0v) is 10.6. The van der Waals surface area contributed by atoms with Crippen molar-refractivity contribution in [3.05, 3.63) is 23.9 Å². The number of fused-ring (bicyclic) bond motifs is 2. The van der Waals surface area contributed by atoms with Crippen molar-refractivity contribution < 1.29 is 10.3 Å². The maximum absolute atomic E-state index is 9.84. The third kappa shape index (κ3) is 2.02. The normalized spacial score (nSPS) is 30.7. The number of aromatic nitrogens is 1. The highest BCUT2D eigenvalue weighted by atomic mass is 16.4. The molecule has 0 amide bonds. The second-order valence-electron chi connectivity index (χ2n) is 5.28. The summed E-state index contributed by atoms with van der Waals surface area (Å²) < 4.78 is 0. The van der Waals surface area contributed by atoms with Gasteiger partial charge in [-0.05, 0) is 37.8 Å². The van der Waals surface area contributed by atoms with Crippen LogP contribution in [0.1, 0.15) is 31.2 Å². The standard InChI is InChI=1S/C13H18N4O2/c14-12(16-19)11-2-1-5-15-13(11)17-8-3-4-9(17)7-10(18)6-8/h1-2,5,8-10,18-19H,3-4,6-7H2,(H2,14,16). The second-order valence-corrected chi connectivity index (χ2v) is 5.28. The molecule has 2 aliphatic heterocycles. The van der Waals surface area contributed by atoms with Crippen molar-refractivity contribution in [3.63, 3.8) is 0 Å². The van der Waals surface area contributed by atoms with Gasteiger partial charge in [0.15, 0.2) is 5.84 Å². The molecule has 2 aliphatic rings. The molecule has 0 aromatic carbocycles. The van der Waals surface area contributed by atoms with Gasteiger partial charge in [0.05, 0.1) is 11.7 Å². The van der Waals surface area contributed by atoms with Crippen molar-refractivity contribution in [2.24, 2.45) is 10.9 Å². The Bertz CT molecular complexity index is 491. The molecule has 2 saturated heterocycles. The number of nitrogens with two attached hydrogens (primary N) is 1. The Labute approximate surface area is 111 Å². The highest BCUT2D eigenvalue weighted by Gasteiger charge is 2.41. The molecule has 102 valence electrons. The van der Waals surface area contributed by atoms with Crippen molar-refractivity contribution in [3.8, 4) is 0 Å². The van der Waals surface area contributed by atoms with Crippen molar-refractivity contribution in [1.29, 1.82) is 0 Å². The van der Waals surface area contributed by atoms with Gasteiger partial charge in [0.1, 0.15) is 5.82 Å². The number of hydrogen-bond donors (Lipinski definition) is 3. The van der Waals surface area contributed by atoms with Gasteiger partial charge in [-0.15, -0.1) is 0 Å². The molecule has 4 N–H and O–H groups in total. The molecule has 3 heterocycles. The molecule has 2 unspecified atom stereocenters. The lowest BCUT2D eigenvalue weighted by atomic mass is 9.99. The fourth-order valence-corrected chi connectivity index (χ4v) is 3.35. The summed E-state index contributed by atoms with van der Waals surface area (Å²) >= 11 is 0. The molecule has 2 bridgehead atoms. The smallest absolute Gasteiger partial charge is 0.173 e. The number of amidine groups is 1. The van der Waals surface area contributed by atoms with Gasteiger partial charge < -0.3 is 20.9 Å². The van der Waals surface area contributed by atoms with Gasteiger partial charge in [0, 0.05) is 18.3 Å². The Kier molecular flexibility index (Phi) is 3.02. The van der Waals surface area contributed by atoms with E-state index in [1.807, 2.05) is 6.07 Å². The quantitative estimate of drug-likeness (QED) is 0.315. The zero-order chi connectivity index (χ0) is 13.4. The largest absolute Gasteiger partial charge is 0.409 e. The first-order chi connectivity index (χ1) is 9.20. The van der Waals surface area contributed by atoms with E-state index in [0.717, 1.165) is 31.5 Å². The third-order valence-electron chi connectivity index (χ3n) is 4.12. The molecular formula is C13H18N4O2. The second kappa shape index (κ2) is 4.70. The minimum Gasteiger partial charge on any atom is -0.409 e. The SMILES string of the molecule is NC(=NO)c1cccnc1N1C2CCC1CC(O)C2. The van der Waals surface area contributed by atoms with Crippen molar-refractivity contribution >= 4 is 11.7 Å². The summed E-state index contributed by atoms with van der Waals surface area (Å²) in [6.07, 6.45) is 5.16. The van der Waals surface area contributed by atoms with E-state index in [4.69, 9.17) is 10.9 Å². The number of aliphatic hydroxyl groups is 1. The van der Waals surface area contributed by atoms with Gasteiger partial charge in [-0.3, -0.25) is 0 Å². The summed E-state index contributed by atoms with van der Waals surface area (Å²) in [5.41, 5.74) is 6.38. The number of anilines is 1. The van der Waals surface area contributed by atoms with E-state index < -0.39 is 0 Å². The lowest BCUT2D eigenvalue weighted by Crippen LogP contribution is -2.46. The van der Waals surface area contributed by atoms with Crippen LogP contribution in [-0.2, 0) is 0 Å². The molecule has 19 heavy (non-hydrogen) atoms. The van der Waals surface area contributed by atoms with Crippen molar-refractivity contribution in [2.45, 2.75) is 43.9 Å². The van der Waals surface area contributed by atoms with Crippen molar-refractivity contribution in [1.82, 2.24) is 4.98 Å². The summed E-state index contributed by atoms with van der Waals surface area (Å²) in [5.74, 6) is 0.839. The average molecular weight is 262 g/mol. The number of rotatable bonds is 2. The van der Waals surface area contributed by atoms with Crippen LogP contribution in [0.15, 0.2) is 23.5 Å². The number of oxime groups is 1. The molecule has 0 aliphatic carbocycles. The van der Waals surface area contributed by atoms with Gasteiger partial charge in [0.25, 0.3) is 0 Å². The average Bonchev–Trinajstić information content (AvgIpc) is 2.70. The van der Waals surface area contributed by atoms with Crippen LogP contribution in [0.25, 0.3) is 0 Å². The maximum atomic E-state index is 9.84. The van der Waals surface area contributed by atoms with E-state index in [-0.39, 0.29) is 11.9 Å². The summed E-state index contributed by atoms with van der Waals surface area (Å²) in [6, 6.07) is 4.18. The van der Waals surface area contributed by atoms with Crippen LogP contribution in [0.2, 0.25) is 0 Å². The summed E-state index contributed by atoms with van der Waals surface area (Å²) in [6.45, 7) is 0. The summed E-state index contributed by atoms with van der Waals surface area (Å²) in [4.78, 5) is 6.65. The molecule has 0 saturated carbocycles. The van der Waals surface area contributed by atoms with Gasteiger partial charge in [-0.1, -0.05) is 5.16 Å². The monoisotopic (exact) mass is 262 g/mol. The molecule has 6 heteroatoms. The Hall–Kier alpha value is -1.82. The number of aliphatic hydroxyl groups excluding tert-OH is 1. The van der Waals surface area contributed by atoms with E-state index in [9.17, 15) is 5.11 Å². The lowest BCUT2D eigenvalue weighted by molar-refractivity contribution is 0.126. The van der Waals surface area contributed by atoms with Crippen LogP contribution in [0.4, 0.5) is 5.82 Å². The first-order valence-corrected chi connectivity index (χ1v) is 6.60. The van der Waals surface area contributed by atoms with E-state index >= 15 is 0 Å². The Morgan fingerprint density at radius 2 is 2.05 bits per heavy atom. The topological polar surface area (TPSA) is 95.0 Å². The predicted octanol–water partition coefficient (Wildman–Crippen LogP) is 0.668. The first-order valence-electron chi connectivity index (χ1n) is 6.60. The van der Waals surface area contributed by atoms with Crippen LogP contribution in [-0.4, -0.2) is 39.3 Å². The molecule has 2 fully saturated rings. The first kappa shape index (κ1) is 12.2. The maximum Gasteiger partial charge on any atom is 0.173 e. The fraction of sp³-hybridized carbons (Fsp3) is 0.538. The third-order valence-corrected chi connectivity index (χ3v) is 4.12. The van der Waals surface area contributed by atoms with Gasteiger partial charge in [-0.2, -0.15) is 0 Å². The molecule has 0 radical (unpaired) electrons. The van der Waals surface area contributed by atoms with Crippen LogP contribution in [0.3, 0.4) is 0 Å². The highest BCUT2D eigenvalue weighted by molar-refractivity contribution is 6.01. The number of pyridine rings is 1. The highest BCUT2D eigenvalue weighted by Crippen LogP contribution is 2.39.